The number of rotatable bonds is 14. The molecule has 39 heavy (non-hydrogen) atoms. The molecule has 226 valence electrons. The number of nitrogens with zero attached hydrogens (tertiary/aromatic N) is 1. The number of aliphatic hydroxyl groups excluding tert-OH is 6. The Hall–Kier alpha value is -2.03. The summed E-state index contributed by atoms with van der Waals surface area (Å²) >= 11 is 0. The van der Waals surface area contributed by atoms with E-state index in [0.717, 1.165) is 0 Å². The first kappa shape index (κ1) is 33.2. The number of carbonyl (C=O) groups excluding carboxylic acids is 3. The van der Waals surface area contributed by atoms with Crippen LogP contribution in [-0.2, 0) is 33.3 Å². The molecule has 0 unspecified atom stereocenters. The summed E-state index contributed by atoms with van der Waals surface area (Å²) < 4.78 is 21.2. The molecule has 17 heteroatoms. The van der Waals surface area contributed by atoms with Crippen molar-refractivity contribution in [2.75, 3.05) is 45.9 Å². The van der Waals surface area contributed by atoms with Gasteiger partial charge in [0.25, 0.3) is 0 Å². The standard InChI is InChI=1S/C22H40N4O13/c1-10-15(30)17(32)19(34)21(38-10)36-5-3-24-13(28)8-26(7-12(23)27)9-14(29)25-4-6-37-22-20(35)18(33)16(31)11(2)39-22/h10-11,15-22,30-35H,3-9H2,1-2H3,(H2,23,27)(H,24,28)(H,25,29)/t10-,11-,15+,16+,17+,18+,19-,20-,21+,22+/m0/s1. The Bertz CT molecular complexity index is 752. The summed E-state index contributed by atoms with van der Waals surface area (Å²) in [5.41, 5.74) is 5.21. The molecule has 17 nitrogen and oxygen atoms in total. The highest BCUT2D eigenvalue weighted by molar-refractivity contribution is 5.83. The zero-order chi connectivity index (χ0) is 29.3. The van der Waals surface area contributed by atoms with Crippen LogP contribution in [0, 0.1) is 0 Å². The van der Waals surface area contributed by atoms with Crippen LogP contribution in [0.5, 0.6) is 0 Å². The quantitative estimate of drug-likeness (QED) is 0.0883. The van der Waals surface area contributed by atoms with Gasteiger partial charge in [0.2, 0.25) is 17.7 Å². The summed E-state index contributed by atoms with van der Waals surface area (Å²) in [5.74, 6) is -1.87. The van der Waals surface area contributed by atoms with Gasteiger partial charge in [-0.2, -0.15) is 0 Å². The number of hydrogen-bond donors (Lipinski definition) is 9. The van der Waals surface area contributed by atoms with Crippen LogP contribution in [0.15, 0.2) is 0 Å². The zero-order valence-electron chi connectivity index (χ0n) is 21.8. The maximum absolute atomic E-state index is 12.3. The molecule has 2 saturated heterocycles. The molecule has 10 N–H and O–H groups in total. The molecule has 0 spiro atoms. The molecule has 10 atom stereocenters. The maximum atomic E-state index is 12.3. The van der Waals surface area contributed by atoms with Crippen molar-refractivity contribution in [2.45, 2.75) is 75.3 Å². The molecule has 2 aliphatic heterocycles. The van der Waals surface area contributed by atoms with E-state index in [1.54, 1.807) is 0 Å². The molecule has 2 aliphatic rings. The molecule has 2 heterocycles. The predicted octanol–water partition coefficient (Wildman–Crippen LogP) is -6.31. The summed E-state index contributed by atoms with van der Waals surface area (Å²) in [4.78, 5) is 37.1. The monoisotopic (exact) mass is 568 g/mol. The van der Waals surface area contributed by atoms with Crippen LogP contribution in [-0.4, -0.2) is 161 Å². The Morgan fingerprint density at radius 2 is 1.08 bits per heavy atom. The number of amides is 3. The molecule has 0 radical (unpaired) electrons. The number of primary amides is 1. The van der Waals surface area contributed by atoms with Gasteiger partial charge in [0.1, 0.15) is 36.6 Å². The van der Waals surface area contributed by atoms with E-state index in [1.807, 2.05) is 0 Å². The van der Waals surface area contributed by atoms with Crippen LogP contribution in [0.1, 0.15) is 13.8 Å². The van der Waals surface area contributed by atoms with E-state index in [4.69, 9.17) is 24.7 Å². The first-order valence-electron chi connectivity index (χ1n) is 12.5. The van der Waals surface area contributed by atoms with Crippen molar-refractivity contribution in [3.8, 4) is 0 Å². The van der Waals surface area contributed by atoms with Crippen LogP contribution in [0.2, 0.25) is 0 Å². The van der Waals surface area contributed by atoms with Gasteiger partial charge in [-0.1, -0.05) is 0 Å². The minimum absolute atomic E-state index is 0.0220. The SMILES string of the molecule is C[C@@H]1O[C@@H](OCCNC(=O)CN(CC(N)=O)CC(=O)NCCO[C@@H]2O[C@@H](C)[C@@H](O)[C@@H](O)[C@@H]2O)[C@@H](O)[C@H](O)[C@@H]1O. The molecule has 0 aromatic rings. The van der Waals surface area contributed by atoms with E-state index < -0.39 is 79.1 Å². The second kappa shape index (κ2) is 15.7. The first-order chi connectivity index (χ1) is 18.3. The fourth-order valence-electron chi connectivity index (χ4n) is 3.94. The lowest BCUT2D eigenvalue weighted by atomic mass is 10.0. The summed E-state index contributed by atoms with van der Waals surface area (Å²) in [5, 5.41) is 63.8. The number of carbonyl (C=O) groups is 3. The lowest BCUT2D eigenvalue weighted by Crippen LogP contribution is -2.57. The van der Waals surface area contributed by atoms with E-state index in [0.29, 0.717) is 0 Å². The minimum Gasteiger partial charge on any atom is -0.388 e. The summed E-state index contributed by atoms with van der Waals surface area (Å²) in [6.45, 7) is 1.67. The largest absolute Gasteiger partial charge is 0.388 e. The Balaban J connectivity index is 1.69. The van der Waals surface area contributed by atoms with Crippen molar-refractivity contribution in [1.82, 2.24) is 15.5 Å². The van der Waals surface area contributed by atoms with Crippen LogP contribution in [0.25, 0.3) is 0 Å². The third-order valence-electron chi connectivity index (χ3n) is 6.14. The Kier molecular flexibility index (Phi) is 13.3. The smallest absolute Gasteiger partial charge is 0.234 e. The lowest BCUT2D eigenvalue weighted by Gasteiger charge is -2.38. The number of ether oxygens (including phenoxy) is 4. The highest BCUT2D eigenvalue weighted by atomic mass is 16.7. The molecule has 2 fully saturated rings. The second-order valence-corrected chi connectivity index (χ2v) is 9.42. The summed E-state index contributed by atoms with van der Waals surface area (Å²) in [6.07, 6.45) is -12.4. The fourth-order valence-corrected chi connectivity index (χ4v) is 3.94. The van der Waals surface area contributed by atoms with E-state index in [9.17, 15) is 45.0 Å². The molecule has 0 aliphatic carbocycles. The van der Waals surface area contributed by atoms with Gasteiger partial charge in [-0.3, -0.25) is 19.3 Å². The number of aliphatic hydroxyl groups is 6. The van der Waals surface area contributed by atoms with E-state index in [-0.39, 0.29) is 45.9 Å². The number of nitrogens with one attached hydrogen (secondary N) is 2. The average Bonchev–Trinajstić information content (AvgIpc) is 2.87. The van der Waals surface area contributed by atoms with Gasteiger partial charge in [0.15, 0.2) is 12.6 Å². The lowest BCUT2D eigenvalue weighted by molar-refractivity contribution is -0.292. The molecule has 0 aromatic carbocycles. The first-order valence-corrected chi connectivity index (χ1v) is 12.5. The van der Waals surface area contributed by atoms with Crippen LogP contribution >= 0.6 is 0 Å². The Labute approximate surface area is 224 Å². The summed E-state index contributed by atoms with van der Waals surface area (Å²) in [6, 6.07) is 0. The third-order valence-corrected chi connectivity index (χ3v) is 6.14. The highest BCUT2D eigenvalue weighted by Gasteiger charge is 2.43. The van der Waals surface area contributed by atoms with E-state index >= 15 is 0 Å². The van der Waals surface area contributed by atoms with Gasteiger partial charge in [-0.05, 0) is 13.8 Å². The van der Waals surface area contributed by atoms with Crippen LogP contribution in [0.4, 0.5) is 0 Å². The Morgan fingerprint density at radius 1 is 0.692 bits per heavy atom. The van der Waals surface area contributed by atoms with E-state index in [1.165, 1.54) is 18.7 Å². The van der Waals surface area contributed by atoms with Gasteiger partial charge in [0, 0.05) is 13.1 Å². The molecule has 2 rings (SSSR count). The van der Waals surface area contributed by atoms with Gasteiger partial charge < -0.3 is 66.0 Å². The van der Waals surface area contributed by atoms with Crippen molar-refractivity contribution in [2.24, 2.45) is 5.73 Å². The van der Waals surface area contributed by atoms with E-state index in [2.05, 4.69) is 10.6 Å². The minimum atomic E-state index is -1.48. The normalized spacial score (nSPS) is 35.0. The van der Waals surface area contributed by atoms with Crippen LogP contribution in [0.3, 0.4) is 0 Å². The molecule has 0 bridgehead atoms. The predicted molar refractivity (Wildman–Crippen MR) is 128 cm³/mol. The zero-order valence-corrected chi connectivity index (χ0v) is 21.8. The van der Waals surface area contributed by atoms with Crippen molar-refractivity contribution < 1.29 is 64.0 Å². The molecular weight excluding hydrogens is 528 g/mol. The van der Waals surface area contributed by atoms with Gasteiger partial charge in [-0.15, -0.1) is 0 Å². The van der Waals surface area contributed by atoms with Crippen molar-refractivity contribution in [3.05, 3.63) is 0 Å². The topological polar surface area (TPSA) is 263 Å². The van der Waals surface area contributed by atoms with Gasteiger partial charge >= 0.3 is 0 Å². The van der Waals surface area contributed by atoms with Gasteiger partial charge in [-0.25, -0.2) is 0 Å². The van der Waals surface area contributed by atoms with Crippen molar-refractivity contribution >= 4 is 17.7 Å². The van der Waals surface area contributed by atoms with Crippen molar-refractivity contribution in [3.63, 3.8) is 0 Å². The van der Waals surface area contributed by atoms with Crippen molar-refractivity contribution in [1.29, 1.82) is 0 Å². The molecule has 0 saturated carbocycles. The maximum Gasteiger partial charge on any atom is 0.234 e. The van der Waals surface area contributed by atoms with Gasteiger partial charge in [0.05, 0.1) is 45.1 Å². The molecule has 0 aromatic heterocycles. The Morgan fingerprint density at radius 3 is 1.44 bits per heavy atom. The molecular formula is C22H40N4O13. The fraction of sp³-hybridized carbons (Fsp3) is 0.864. The third kappa shape index (κ3) is 10.1. The number of hydrogen-bond acceptors (Lipinski definition) is 14. The number of nitrogens with two attached hydrogens (primary N) is 1. The summed E-state index contributed by atoms with van der Waals surface area (Å²) in [7, 11) is 0. The highest BCUT2D eigenvalue weighted by Crippen LogP contribution is 2.22. The second-order valence-electron chi connectivity index (χ2n) is 9.42. The molecule has 3 amide bonds. The average molecular weight is 569 g/mol. The van der Waals surface area contributed by atoms with Crippen LogP contribution < -0.4 is 16.4 Å².